The molecule has 1 aliphatic rings. The van der Waals surface area contributed by atoms with E-state index in [1.54, 1.807) is 18.4 Å². The standard InChI is InChI=1S/C25H30N6O/c1-4-6-20-30-21-22(31(20)14-16(2)3)18-8-7-17(13-19(18)29-23(21)26)9-11-25(24(27)32)10-5-12-28-15-25/h5,7-13,16H,4,6,14-15H2,1-3H3,(H2,26,29)(H2,27,32)/b11-9+. The number of aliphatic imine (C=N–C) groups is 1. The number of nitrogens with two attached hydrogens (primary N) is 2. The Labute approximate surface area is 187 Å². The summed E-state index contributed by atoms with van der Waals surface area (Å²) >= 11 is 0. The molecule has 4 rings (SSSR count). The third kappa shape index (κ3) is 3.90. The fraction of sp³-hybridized carbons (Fsp3) is 0.360. The van der Waals surface area contributed by atoms with Crippen molar-refractivity contribution in [2.45, 2.75) is 40.2 Å². The number of hydrogen-bond donors (Lipinski definition) is 2. The Hall–Kier alpha value is -3.48. The van der Waals surface area contributed by atoms with Gasteiger partial charge in [-0.2, -0.15) is 0 Å². The lowest BCUT2D eigenvalue weighted by atomic mass is 9.84. The lowest BCUT2D eigenvalue weighted by Crippen LogP contribution is -2.37. The molecule has 0 aliphatic carbocycles. The summed E-state index contributed by atoms with van der Waals surface area (Å²) in [6.07, 6.45) is 10.8. The van der Waals surface area contributed by atoms with E-state index < -0.39 is 11.3 Å². The highest BCUT2D eigenvalue weighted by Crippen LogP contribution is 2.31. The van der Waals surface area contributed by atoms with Gasteiger partial charge in [0.15, 0.2) is 5.82 Å². The van der Waals surface area contributed by atoms with E-state index in [0.29, 0.717) is 18.3 Å². The molecule has 0 bridgehead atoms. The molecule has 7 heteroatoms. The second-order valence-electron chi connectivity index (χ2n) is 8.84. The van der Waals surface area contributed by atoms with Crippen molar-refractivity contribution in [2.24, 2.45) is 22.1 Å². The topological polar surface area (TPSA) is 112 Å². The minimum Gasteiger partial charge on any atom is -0.382 e. The van der Waals surface area contributed by atoms with Crippen LogP contribution in [0.25, 0.3) is 28.0 Å². The number of rotatable bonds is 7. The van der Waals surface area contributed by atoms with Crippen LogP contribution in [-0.2, 0) is 17.8 Å². The number of carbonyl (C=O) groups is 1. The SMILES string of the molecule is CCCc1nc2c(N)nc3cc(/C=C/C4(C(N)=O)C=CC=NC4)ccc3c2n1CC(C)C. The Morgan fingerprint density at radius 2 is 2.12 bits per heavy atom. The maximum Gasteiger partial charge on any atom is 0.233 e. The Bertz CT molecular complexity index is 1270. The number of dihydropyridines is 1. The van der Waals surface area contributed by atoms with Crippen molar-refractivity contribution in [3.63, 3.8) is 0 Å². The Balaban J connectivity index is 1.83. The number of hydrogen-bond acceptors (Lipinski definition) is 5. The number of nitrogen functional groups attached to an aromatic ring is 1. The molecule has 1 atom stereocenters. The van der Waals surface area contributed by atoms with Crippen LogP contribution in [0.5, 0.6) is 0 Å². The largest absolute Gasteiger partial charge is 0.382 e. The molecule has 4 N–H and O–H groups in total. The molecule has 0 fully saturated rings. The summed E-state index contributed by atoms with van der Waals surface area (Å²) in [5.74, 6) is 1.54. The molecule has 0 saturated carbocycles. The van der Waals surface area contributed by atoms with Crippen LogP contribution in [0.1, 0.15) is 38.6 Å². The molecule has 3 aromatic rings. The van der Waals surface area contributed by atoms with E-state index in [1.165, 1.54) is 0 Å². The zero-order valence-electron chi connectivity index (χ0n) is 18.9. The quantitative estimate of drug-likeness (QED) is 0.592. The zero-order valence-corrected chi connectivity index (χ0v) is 18.9. The van der Waals surface area contributed by atoms with E-state index in [4.69, 9.17) is 16.5 Å². The van der Waals surface area contributed by atoms with Gasteiger partial charge < -0.3 is 16.0 Å². The first-order valence-electron chi connectivity index (χ1n) is 11.1. The van der Waals surface area contributed by atoms with Crippen LogP contribution in [0.4, 0.5) is 5.82 Å². The van der Waals surface area contributed by atoms with Crippen molar-refractivity contribution in [3.8, 4) is 0 Å². The molecule has 0 radical (unpaired) electrons. The first kappa shape index (κ1) is 21.7. The molecule has 1 aromatic carbocycles. The summed E-state index contributed by atoms with van der Waals surface area (Å²) in [5.41, 5.74) is 14.6. The van der Waals surface area contributed by atoms with Crippen molar-refractivity contribution in [3.05, 3.63) is 47.8 Å². The molecule has 1 amide bonds. The van der Waals surface area contributed by atoms with Crippen molar-refractivity contribution < 1.29 is 4.79 Å². The monoisotopic (exact) mass is 430 g/mol. The number of aromatic nitrogens is 3. The van der Waals surface area contributed by atoms with Gasteiger partial charge in [0.05, 0.1) is 17.6 Å². The van der Waals surface area contributed by atoms with E-state index in [0.717, 1.165) is 52.7 Å². The molecule has 3 heterocycles. The number of fused-ring (bicyclic) bond motifs is 3. The van der Waals surface area contributed by atoms with Crippen LogP contribution in [0, 0.1) is 11.3 Å². The summed E-state index contributed by atoms with van der Waals surface area (Å²) in [6.45, 7) is 7.75. The average Bonchev–Trinajstić information content (AvgIpc) is 3.11. The van der Waals surface area contributed by atoms with Crippen molar-refractivity contribution >= 4 is 46.0 Å². The highest BCUT2D eigenvalue weighted by Gasteiger charge is 2.31. The Morgan fingerprint density at radius 1 is 1.31 bits per heavy atom. The highest BCUT2D eigenvalue weighted by atomic mass is 16.1. The van der Waals surface area contributed by atoms with Gasteiger partial charge in [0.1, 0.15) is 16.8 Å². The molecular weight excluding hydrogens is 400 g/mol. The summed E-state index contributed by atoms with van der Waals surface area (Å²) in [5, 5.41) is 1.02. The first-order chi connectivity index (χ1) is 15.3. The normalized spacial score (nSPS) is 18.5. The fourth-order valence-corrected chi connectivity index (χ4v) is 4.18. The number of carbonyl (C=O) groups excluding carboxylic acids is 1. The van der Waals surface area contributed by atoms with Crippen molar-refractivity contribution in [2.75, 3.05) is 12.3 Å². The van der Waals surface area contributed by atoms with Gasteiger partial charge in [-0.1, -0.05) is 51.1 Å². The average molecular weight is 431 g/mol. The lowest BCUT2D eigenvalue weighted by Gasteiger charge is -2.23. The molecule has 0 spiro atoms. The van der Waals surface area contributed by atoms with Crippen LogP contribution < -0.4 is 11.5 Å². The molecule has 166 valence electrons. The fourth-order valence-electron chi connectivity index (χ4n) is 4.18. The molecule has 0 saturated heterocycles. The van der Waals surface area contributed by atoms with Gasteiger partial charge >= 0.3 is 0 Å². The summed E-state index contributed by atoms with van der Waals surface area (Å²) in [4.78, 5) is 25.8. The summed E-state index contributed by atoms with van der Waals surface area (Å²) in [7, 11) is 0. The van der Waals surface area contributed by atoms with Gasteiger partial charge in [0, 0.05) is 24.6 Å². The number of allylic oxidation sites excluding steroid dienone is 1. The Morgan fingerprint density at radius 3 is 2.78 bits per heavy atom. The molecule has 2 aromatic heterocycles. The maximum absolute atomic E-state index is 12.1. The first-order valence-corrected chi connectivity index (χ1v) is 11.1. The van der Waals surface area contributed by atoms with Crippen LogP contribution in [0.3, 0.4) is 0 Å². The van der Waals surface area contributed by atoms with E-state index in [2.05, 4.69) is 41.4 Å². The second-order valence-corrected chi connectivity index (χ2v) is 8.84. The second kappa shape index (κ2) is 8.57. The number of nitrogens with zero attached hydrogens (tertiary/aromatic N) is 4. The van der Waals surface area contributed by atoms with Crippen LogP contribution in [0.15, 0.2) is 41.4 Å². The van der Waals surface area contributed by atoms with E-state index in [-0.39, 0.29) is 0 Å². The van der Waals surface area contributed by atoms with Gasteiger partial charge in [-0.25, -0.2) is 9.97 Å². The summed E-state index contributed by atoms with van der Waals surface area (Å²) < 4.78 is 2.30. The zero-order chi connectivity index (χ0) is 22.9. The van der Waals surface area contributed by atoms with E-state index in [9.17, 15) is 4.79 Å². The smallest absolute Gasteiger partial charge is 0.233 e. The number of imidazole rings is 1. The van der Waals surface area contributed by atoms with Crippen LogP contribution in [-0.4, -0.2) is 33.2 Å². The number of pyridine rings is 1. The summed E-state index contributed by atoms with van der Waals surface area (Å²) in [6, 6.07) is 6.06. The van der Waals surface area contributed by atoms with Gasteiger partial charge in [0.25, 0.3) is 0 Å². The number of benzene rings is 1. The lowest BCUT2D eigenvalue weighted by molar-refractivity contribution is -0.122. The van der Waals surface area contributed by atoms with Crippen LogP contribution in [0.2, 0.25) is 0 Å². The van der Waals surface area contributed by atoms with E-state index in [1.807, 2.05) is 24.3 Å². The number of primary amides is 1. The minimum atomic E-state index is -0.912. The van der Waals surface area contributed by atoms with Gasteiger partial charge in [-0.05, 0) is 30.0 Å². The number of aryl methyl sites for hydroxylation is 1. The molecule has 32 heavy (non-hydrogen) atoms. The van der Waals surface area contributed by atoms with Crippen LogP contribution >= 0.6 is 0 Å². The molecule has 1 aliphatic heterocycles. The predicted octanol–water partition coefficient (Wildman–Crippen LogP) is 3.90. The molecule has 1 unspecified atom stereocenters. The Kier molecular flexibility index (Phi) is 5.82. The third-order valence-corrected chi connectivity index (χ3v) is 5.80. The maximum atomic E-state index is 12.1. The van der Waals surface area contributed by atoms with Gasteiger partial charge in [-0.15, -0.1) is 0 Å². The minimum absolute atomic E-state index is 0.309. The van der Waals surface area contributed by atoms with Gasteiger partial charge in [-0.3, -0.25) is 9.79 Å². The molecule has 7 nitrogen and oxygen atoms in total. The molecular formula is C25H30N6O. The third-order valence-electron chi connectivity index (χ3n) is 5.80. The van der Waals surface area contributed by atoms with Crippen molar-refractivity contribution in [1.29, 1.82) is 0 Å². The number of anilines is 1. The predicted molar refractivity (Wildman–Crippen MR) is 131 cm³/mol. The number of amides is 1. The van der Waals surface area contributed by atoms with Crippen molar-refractivity contribution in [1.82, 2.24) is 14.5 Å². The van der Waals surface area contributed by atoms with Gasteiger partial charge in [0.2, 0.25) is 5.91 Å². The van der Waals surface area contributed by atoms with E-state index >= 15 is 0 Å². The highest BCUT2D eigenvalue weighted by molar-refractivity contribution is 6.07.